The van der Waals surface area contributed by atoms with Crippen molar-refractivity contribution in [2.24, 2.45) is 0 Å². The van der Waals surface area contributed by atoms with Gasteiger partial charge in [-0.05, 0) is 12.5 Å². The van der Waals surface area contributed by atoms with Crippen molar-refractivity contribution in [2.45, 2.75) is 24.7 Å². The zero-order chi connectivity index (χ0) is 9.60. The maximum absolute atomic E-state index is 5.58. The van der Waals surface area contributed by atoms with Crippen LogP contribution in [0.15, 0.2) is 30.3 Å². The monoisotopic (exact) mass is 192 g/mol. The van der Waals surface area contributed by atoms with Crippen LogP contribution < -0.4 is 0 Å². The molecule has 0 amide bonds. The van der Waals surface area contributed by atoms with Gasteiger partial charge in [0.25, 0.3) is 0 Å². The summed E-state index contributed by atoms with van der Waals surface area (Å²) in [6, 6.07) is 10.0. The molecule has 3 atom stereocenters. The van der Waals surface area contributed by atoms with E-state index >= 15 is 0 Å². The molecule has 2 heterocycles. The van der Waals surface area contributed by atoms with Crippen LogP contribution in [0.25, 0.3) is 0 Å². The lowest BCUT2D eigenvalue weighted by molar-refractivity contribution is -0.345. The van der Waals surface area contributed by atoms with E-state index in [0.717, 1.165) is 5.56 Å². The summed E-state index contributed by atoms with van der Waals surface area (Å²) in [4.78, 5) is 10.3. The molecule has 0 spiro atoms. The van der Waals surface area contributed by atoms with E-state index in [1.165, 1.54) is 0 Å². The van der Waals surface area contributed by atoms with Gasteiger partial charge in [-0.2, -0.15) is 0 Å². The van der Waals surface area contributed by atoms with Gasteiger partial charge >= 0.3 is 0 Å². The number of ether oxygens (including phenoxy) is 1. The summed E-state index contributed by atoms with van der Waals surface area (Å²) in [6.45, 7) is 2.58. The molecule has 74 valence electrons. The molecule has 14 heavy (non-hydrogen) atoms. The average molecular weight is 192 g/mol. The van der Waals surface area contributed by atoms with Crippen LogP contribution in [0.4, 0.5) is 0 Å². The molecule has 0 saturated carbocycles. The topological polar surface area (TPSA) is 31.0 Å². The van der Waals surface area contributed by atoms with Crippen LogP contribution in [-0.4, -0.2) is 18.3 Å². The summed E-state index contributed by atoms with van der Waals surface area (Å²) < 4.78 is 5.58. The highest BCUT2D eigenvalue weighted by Gasteiger charge is 2.61. The van der Waals surface area contributed by atoms with Crippen molar-refractivity contribution in [1.29, 1.82) is 0 Å². The SMILES string of the molecule is C[C@@]12COO[C@H](c3ccccc3)[C@@H]1O2. The summed E-state index contributed by atoms with van der Waals surface area (Å²) in [5.74, 6) is 0. The number of rotatable bonds is 1. The van der Waals surface area contributed by atoms with Crippen LogP contribution in [0.5, 0.6) is 0 Å². The van der Waals surface area contributed by atoms with E-state index in [4.69, 9.17) is 14.5 Å². The number of benzene rings is 1. The molecule has 3 nitrogen and oxygen atoms in total. The van der Waals surface area contributed by atoms with Crippen molar-refractivity contribution < 1.29 is 14.5 Å². The van der Waals surface area contributed by atoms with E-state index in [-0.39, 0.29) is 17.8 Å². The number of hydrogen-bond acceptors (Lipinski definition) is 3. The molecular weight excluding hydrogens is 180 g/mol. The Bertz CT molecular complexity index is 338. The quantitative estimate of drug-likeness (QED) is 0.502. The molecule has 2 fully saturated rings. The molecule has 0 radical (unpaired) electrons. The fourth-order valence-electron chi connectivity index (χ4n) is 1.90. The minimum Gasteiger partial charge on any atom is -0.360 e. The molecule has 1 aromatic rings. The standard InChI is InChI=1S/C11H12O3/c1-11-7-12-14-9(10(11)13-11)8-5-3-2-4-6-8/h2-6,9-10H,7H2,1H3/t9-,10+,11-/m1/s1. The first kappa shape index (κ1) is 8.41. The van der Waals surface area contributed by atoms with E-state index in [0.29, 0.717) is 6.61 Å². The van der Waals surface area contributed by atoms with Gasteiger partial charge in [0.2, 0.25) is 0 Å². The largest absolute Gasteiger partial charge is 0.360 e. The Morgan fingerprint density at radius 2 is 2.07 bits per heavy atom. The Hall–Kier alpha value is -0.900. The van der Waals surface area contributed by atoms with Crippen LogP contribution in [0, 0.1) is 0 Å². The molecular formula is C11H12O3. The van der Waals surface area contributed by atoms with Gasteiger partial charge < -0.3 is 4.74 Å². The first-order valence-corrected chi connectivity index (χ1v) is 4.81. The first-order chi connectivity index (χ1) is 6.80. The maximum Gasteiger partial charge on any atom is 0.147 e. The lowest BCUT2D eigenvalue weighted by Crippen LogP contribution is -2.29. The van der Waals surface area contributed by atoms with Crippen LogP contribution in [0.2, 0.25) is 0 Å². The second-order valence-corrected chi connectivity index (χ2v) is 4.04. The first-order valence-electron chi connectivity index (χ1n) is 4.81. The molecule has 2 aliphatic heterocycles. The molecule has 0 aromatic heterocycles. The molecule has 0 N–H and O–H groups in total. The van der Waals surface area contributed by atoms with E-state index in [9.17, 15) is 0 Å². The molecule has 2 saturated heterocycles. The Morgan fingerprint density at radius 3 is 2.86 bits per heavy atom. The fourth-order valence-corrected chi connectivity index (χ4v) is 1.90. The molecule has 0 unspecified atom stereocenters. The number of epoxide rings is 1. The van der Waals surface area contributed by atoms with E-state index in [1.54, 1.807) is 0 Å². The Balaban J connectivity index is 1.87. The van der Waals surface area contributed by atoms with Crippen molar-refractivity contribution >= 4 is 0 Å². The van der Waals surface area contributed by atoms with Gasteiger partial charge in [0.15, 0.2) is 0 Å². The number of hydrogen-bond donors (Lipinski definition) is 0. The summed E-state index contributed by atoms with van der Waals surface area (Å²) in [5, 5.41) is 0. The zero-order valence-corrected chi connectivity index (χ0v) is 7.97. The lowest BCUT2D eigenvalue weighted by atomic mass is 9.98. The van der Waals surface area contributed by atoms with Gasteiger partial charge in [0.1, 0.15) is 24.4 Å². The van der Waals surface area contributed by atoms with Crippen LogP contribution in [0.1, 0.15) is 18.6 Å². The van der Waals surface area contributed by atoms with Gasteiger partial charge in [0, 0.05) is 0 Å². The van der Waals surface area contributed by atoms with Crippen molar-refractivity contribution in [2.75, 3.05) is 6.61 Å². The van der Waals surface area contributed by atoms with Gasteiger partial charge in [0.05, 0.1) is 0 Å². The molecule has 0 bridgehead atoms. The Labute approximate surface area is 82.5 Å². The summed E-state index contributed by atoms with van der Waals surface area (Å²) in [7, 11) is 0. The molecule has 1 aromatic carbocycles. The van der Waals surface area contributed by atoms with E-state index < -0.39 is 0 Å². The Kier molecular flexibility index (Phi) is 1.68. The molecule has 3 heteroatoms. The Morgan fingerprint density at radius 1 is 1.29 bits per heavy atom. The predicted molar refractivity (Wildman–Crippen MR) is 49.5 cm³/mol. The molecule has 3 rings (SSSR count). The maximum atomic E-state index is 5.58. The smallest absolute Gasteiger partial charge is 0.147 e. The third-order valence-electron chi connectivity index (χ3n) is 2.86. The van der Waals surface area contributed by atoms with Crippen LogP contribution in [0.3, 0.4) is 0 Å². The van der Waals surface area contributed by atoms with Crippen molar-refractivity contribution in [3.63, 3.8) is 0 Å². The summed E-state index contributed by atoms with van der Waals surface area (Å²) in [5.41, 5.74) is 0.986. The highest BCUT2D eigenvalue weighted by Crippen LogP contribution is 2.49. The lowest BCUT2D eigenvalue weighted by Gasteiger charge is -2.21. The molecule has 0 aliphatic carbocycles. The van der Waals surface area contributed by atoms with Crippen molar-refractivity contribution in [3.8, 4) is 0 Å². The van der Waals surface area contributed by atoms with Gasteiger partial charge in [-0.25, -0.2) is 9.78 Å². The highest BCUT2D eigenvalue weighted by atomic mass is 17.2. The summed E-state index contributed by atoms with van der Waals surface area (Å²) in [6.07, 6.45) is 0.0774. The third kappa shape index (κ3) is 1.17. The zero-order valence-electron chi connectivity index (χ0n) is 7.97. The van der Waals surface area contributed by atoms with E-state index in [1.807, 2.05) is 30.3 Å². The fraction of sp³-hybridized carbons (Fsp3) is 0.455. The second kappa shape index (κ2) is 2.79. The molecule has 2 aliphatic rings. The third-order valence-corrected chi connectivity index (χ3v) is 2.86. The average Bonchev–Trinajstić information content (AvgIpc) is 2.90. The summed E-state index contributed by atoms with van der Waals surface area (Å²) >= 11 is 0. The highest BCUT2D eigenvalue weighted by molar-refractivity contribution is 5.23. The number of fused-ring (bicyclic) bond motifs is 1. The van der Waals surface area contributed by atoms with Gasteiger partial charge in [-0.1, -0.05) is 30.3 Å². The van der Waals surface area contributed by atoms with E-state index in [2.05, 4.69) is 6.92 Å². The van der Waals surface area contributed by atoms with Crippen molar-refractivity contribution in [1.82, 2.24) is 0 Å². The van der Waals surface area contributed by atoms with Crippen molar-refractivity contribution in [3.05, 3.63) is 35.9 Å². The predicted octanol–water partition coefficient (Wildman–Crippen LogP) is 1.85. The van der Waals surface area contributed by atoms with Crippen LogP contribution >= 0.6 is 0 Å². The second-order valence-electron chi connectivity index (χ2n) is 4.04. The van der Waals surface area contributed by atoms with Crippen LogP contribution in [-0.2, 0) is 14.5 Å². The minimum atomic E-state index is -0.126. The van der Waals surface area contributed by atoms with Gasteiger partial charge in [-0.3, -0.25) is 0 Å². The minimum absolute atomic E-state index is 0.0741. The normalized spacial score (nSPS) is 40.4. The van der Waals surface area contributed by atoms with Gasteiger partial charge in [-0.15, -0.1) is 0 Å².